The lowest BCUT2D eigenvalue weighted by Crippen LogP contribution is -2.54. The zero-order chi connectivity index (χ0) is 8.20. The van der Waals surface area contributed by atoms with Gasteiger partial charge in [-0.3, -0.25) is 5.32 Å². The molecule has 0 saturated heterocycles. The summed E-state index contributed by atoms with van der Waals surface area (Å²) in [6.07, 6.45) is -1.24. The minimum absolute atomic E-state index is 0.248. The summed E-state index contributed by atoms with van der Waals surface area (Å²) in [4.78, 5) is 0. The Labute approximate surface area is 59.5 Å². The van der Waals surface area contributed by atoms with Crippen molar-refractivity contribution in [3.63, 3.8) is 0 Å². The van der Waals surface area contributed by atoms with E-state index in [1.807, 2.05) is 0 Å². The van der Waals surface area contributed by atoms with E-state index in [4.69, 9.17) is 21.1 Å². The highest BCUT2D eigenvalue weighted by molar-refractivity contribution is 4.67. The number of nitrogens with two attached hydrogens (primary N) is 1. The van der Waals surface area contributed by atoms with Gasteiger partial charge in [-0.25, -0.2) is 0 Å². The van der Waals surface area contributed by atoms with Crippen LogP contribution in [-0.2, 0) is 0 Å². The normalized spacial score (nSPS) is 15.3. The molecule has 6 N–H and O–H groups in total. The first-order valence-electron chi connectivity index (χ1n) is 3.08. The van der Waals surface area contributed by atoms with Crippen molar-refractivity contribution in [3.8, 4) is 0 Å². The summed E-state index contributed by atoms with van der Waals surface area (Å²) in [6.45, 7) is 1.80. The average molecular weight is 150 g/mol. The molecule has 0 aliphatic rings. The monoisotopic (exact) mass is 150 g/mol. The van der Waals surface area contributed by atoms with Crippen LogP contribution in [0.25, 0.3) is 0 Å². The second kappa shape index (κ2) is 3.85. The third-order valence-electron chi connectivity index (χ3n) is 1.11. The Hall–Kier alpha value is -0.200. The first kappa shape index (κ1) is 9.80. The fourth-order valence-electron chi connectivity index (χ4n) is 0.404. The first-order chi connectivity index (χ1) is 4.50. The van der Waals surface area contributed by atoms with Gasteiger partial charge in [0.05, 0.1) is 0 Å². The van der Waals surface area contributed by atoms with Gasteiger partial charge in [0.15, 0.2) is 0 Å². The van der Waals surface area contributed by atoms with Crippen LogP contribution < -0.4 is 11.1 Å². The van der Waals surface area contributed by atoms with Crippen LogP contribution in [0.1, 0.15) is 6.92 Å². The van der Waals surface area contributed by atoms with Crippen LogP contribution in [0.5, 0.6) is 0 Å². The van der Waals surface area contributed by atoms with Crippen molar-refractivity contribution in [1.29, 1.82) is 0 Å². The van der Waals surface area contributed by atoms with Gasteiger partial charge in [-0.05, 0) is 6.92 Å². The third-order valence-corrected chi connectivity index (χ3v) is 1.11. The van der Waals surface area contributed by atoms with E-state index in [0.29, 0.717) is 0 Å². The zero-order valence-electron chi connectivity index (χ0n) is 5.91. The minimum atomic E-state index is -2.22. The van der Waals surface area contributed by atoms with E-state index in [-0.39, 0.29) is 13.1 Å². The van der Waals surface area contributed by atoms with E-state index < -0.39 is 12.0 Å². The van der Waals surface area contributed by atoms with Crippen LogP contribution in [0, 0.1) is 0 Å². The average Bonchev–Trinajstić information content (AvgIpc) is 1.84. The summed E-state index contributed by atoms with van der Waals surface area (Å²) in [5.74, 6) is -2.22. The predicted molar refractivity (Wildman–Crippen MR) is 35.9 cm³/mol. The van der Waals surface area contributed by atoms with Crippen molar-refractivity contribution < 1.29 is 15.3 Å². The largest absolute Gasteiger partial charge is 0.386 e. The molecule has 0 spiro atoms. The van der Waals surface area contributed by atoms with Gasteiger partial charge in [0.1, 0.15) is 6.10 Å². The molecule has 10 heavy (non-hydrogen) atoms. The molecule has 0 bridgehead atoms. The molecule has 1 atom stereocenters. The van der Waals surface area contributed by atoms with Crippen molar-refractivity contribution in [1.82, 2.24) is 5.32 Å². The SMILES string of the molecule is CC(O)C(O)(O)NCCN. The number of hydrogen-bond acceptors (Lipinski definition) is 5. The van der Waals surface area contributed by atoms with Gasteiger partial charge in [-0.1, -0.05) is 0 Å². The Bertz CT molecular complexity index is 94.9. The first-order valence-corrected chi connectivity index (χ1v) is 3.08. The molecule has 0 amide bonds. The molecule has 5 heteroatoms. The Balaban J connectivity index is 3.63. The zero-order valence-corrected chi connectivity index (χ0v) is 5.91. The highest BCUT2D eigenvalue weighted by Gasteiger charge is 2.27. The molecule has 62 valence electrons. The van der Waals surface area contributed by atoms with Crippen LogP contribution >= 0.6 is 0 Å². The Kier molecular flexibility index (Phi) is 3.77. The maximum Gasteiger partial charge on any atom is 0.249 e. The lowest BCUT2D eigenvalue weighted by atomic mass is 10.3. The van der Waals surface area contributed by atoms with Crippen LogP contribution in [0.4, 0.5) is 0 Å². The number of aliphatic hydroxyl groups excluding tert-OH is 1. The molecule has 0 aromatic heterocycles. The highest BCUT2D eigenvalue weighted by atomic mass is 16.5. The van der Waals surface area contributed by atoms with Crippen molar-refractivity contribution in [2.24, 2.45) is 5.73 Å². The topological polar surface area (TPSA) is 98.7 Å². The van der Waals surface area contributed by atoms with Crippen molar-refractivity contribution in [2.45, 2.75) is 18.9 Å². The molecular formula is C5H14N2O3. The molecule has 0 saturated carbocycles. The fraction of sp³-hybridized carbons (Fsp3) is 1.00. The lowest BCUT2D eigenvalue weighted by molar-refractivity contribution is -0.239. The van der Waals surface area contributed by atoms with Gasteiger partial charge in [-0.15, -0.1) is 0 Å². The summed E-state index contributed by atoms with van der Waals surface area (Å²) in [7, 11) is 0. The van der Waals surface area contributed by atoms with Crippen molar-refractivity contribution in [3.05, 3.63) is 0 Å². The molecule has 0 aliphatic carbocycles. The number of rotatable bonds is 4. The van der Waals surface area contributed by atoms with Crippen molar-refractivity contribution >= 4 is 0 Å². The molecular weight excluding hydrogens is 136 g/mol. The molecule has 0 heterocycles. The molecule has 0 radical (unpaired) electrons. The van der Waals surface area contributed by atoms with E-state index in [2.05, 4.69) is 5.32 Å². The molecule has 0 aliphatic heterocycles. The number of nitrogens with one attached hydrogen (secondary N) is 1. The minimum Gasteiger partial charge on any atom is -0.386 e. The molecule has 5 nitrogen and oxygen atoms in total. The quantitative estimate of drug-likeness (QED) is 0.287. The second-order valence-corrected chi connectivity index (χ2v) is 2.12. The lowest BCUT2D eigenvalue weighted by Gasteiger charge is -2.25. The fourth-order valence-corrected chi connectivity index (χ4v) is 0.404. The van der Waals surface area contributed by atoms with Gasteiger partial charge in [-0.2, -0.15) is 0 Å². The third kappa shape index (κ3) is 3.09. The molecule has 0 rings (SSSR count). The van der Waals surface area contributed by atoms with E-state index >= 15 is 0 Å². The summed E-state index contributed by atoms with van der Waals surface area (Å²) in [6, 6.07) is 0. The molecule has 0 aromatic carbocycles. The van der Waals surface area contributed by atoms with Gasteiger partial charge in [0.2, 0.25) is 5.91 Å². The summed E-state index contributed by atoms with van der Waals surface area (Å²) in [5.41, 5.74) is 5.07. The van der Waals surface area contributed by atoms with E-state index in [0.717, 1.165) is 0 Å². The number of aliphatic hydroxyl groups is 3. The highest BCUT2D eigenvalue weighted by Crippen LogP contribution is 1.99. The smallest absolute Gasteiger partial charge is 0.249 e. The maximum absolute atomic E-state index is 8.86. The van der Waals surface area contributed by atoms with Crippen LogP contribution in [0.15, 0.2) is 0 Å². The number of hydrogen-bond donors (Lipinski definition) is 5. The Morgan fingerprint density at radius 3 is 2.40 bits per heavy atom. The Morgan fingerprint density at radius 1 is 1.60 bits per heavy atom. The second-order valence-electron chi connectivity index (χ2n) is 2.12. The van der Waals surface area contributed by atoms with Gasteiger partial charge < -0.3 is 21.1 Å². The van der Waals surface area contributed by atoms with Crippen molar-refractivity contribution in [2.75, 3.05) is 13.1 Å². The maximum atomic E-state index is 8.86. The van der Waals surface area contributed by atoms with E-state index in [1.54, 1.807) is 0 Å². The van der Waals surface area contributed by atoms with Crippen LogP contribution in [0.3, 0.4) is 0 Å². The molecule has 0 aromatic rings. The van der Waals surface area contributed by atoms with Gasteiger partial charge in [0, 0.05) is 13.1 Å². The van der Waals surface area contributed by atoms with Gasteiger partial charge >= 0.3 is 0 Å². The Morgan fingerprint density at radius 2 is 2.10 bits per heavy atom. The van der Waals surface area contributed by atoms with E-state index in [1.165, 1.54) is 6.92 Å². The summed E-state index contributed by atoms with van der Waals surface area (Å²) in [5, 5.41) is 28.7. The predicted octanol–water partition coefficient (Wildman–Crippen LogP) is -2.45. The van der Waals surface area contributed by atoms with E-state index in [9.17, 15) is 0 Å². The summed E-state index contributed by atoms with van der Waals surface area (Å²) >= 11 is 0. The van der Waals surface area contributed by atoms with Gasteiger partial charge in [0.25, 0.3) is 0 Å². The standard InChI is InChI=1S/C5H14N2O3/c1-4(8)5(9,10)7-3-2-6/h4,7-10H,2-3,6H2,1H3. The molecule has 0 fully saturated rings. The van der Waals surface area contributed by atoms with Crippen LogP contribution in [-0.4, -0.2) is 40.4 Å². The molecule has 1 unspecified atom stereocenters. The van der Waals surface area contributed by atoms with Crippen LogP contribution in [0.2, 0.25) is 0 Å². The summed E-state index contributed by atoms with van der Waals surface area (Å²) < 4.78 is 0.